The SMILES string of the molecule is CCOc1ccc(Cl)cc1[C](C)C. The van der Waals surface area contributed by atoms with Gasteiger partial charge < -0.3 is 4.74 Å². The number of ether oxygens (including phenoxy) is 1. The predicted octanol–water partition coefficient (Wildman–Crippen LogP) is 3.70. The van der Waals surface area contributed by atoms with E-state index >= 15 is 0 Å². The summed E-state index contributed by atoms with van der Waals surface area (Å²) in [5.74, 6) is 2.12. The largest absolute Gasteiger partial charge is 0.494 e. The number of rotatable bonds is 3. The second-order valence-electron chi connectivity index (χ2n) is 3.07. The van der Waals surface area contributed by atoms with Gasteiger partial charge >= 0.3 is 0 Å². The molecule has 0 N–H and O–H groups in total. The van der Waals surface area contributed by atoms with Gasteiger partial charge in [0.2, 0.25) is 0 Å². The van der Waals surface area contributed by atoms with Gasteiger partial charge in [-0.15, -0.1) is 0 Å². The lowest BCUT2D eigenvalue weighted by Gasteiger charge is -2.12. The van der Waals surface area contributed by atoms with Crippen molar-refractivity contribution in [2.24, 2.45) is 0 Å². The van der Waals surface area contributed by atoms with E-state index in [4.69, 9.17) is 16.3 Å². The molecule has 2 heteroatoms. The summed E-state index contributed by atoms with van der Waals surface area (Å²) in [5, 5.41) is 0.750. The van der Waals surface area contributed by atoms with Crippen LogP contribution in [0.5, 0.6) is 5.75 Å². The minimum atomic E-state index is 0.682. The first-order valence-corrected chi connectivity index (χ1v) is 4.75. The molecule has 0 amide bonds. The van der Waals surface area contributed by atoms with E-state index in [2.05, 4.69) is 0 Å². The zero-order valence-corrected chi connectivity index (χ0v) is 8.98. The van der Waals surface area contributed by atoms with Crippen molar-refractivity contribution in [3.05, 3.63) is 34.7 Å². The molecular formula is C11H14ClO. The van der Waals surface area contributed by atoms with Crippen LogP contribution in [0.2, 0.25) is 5.02 Å². The molecule has 71 valence electrons. The van der Waals surface area contributed by atoms with Gasteiger partial charge in [0.15, 0.2) is 0 Å². The van der Waals surface area contributed by atoms with Crippen molar-refractivity contribution in [3.63, 3.8) is 0 Å². The average molecular weight is 198 g/mol. The second kappa shape index (κ2) is 4.52. The first-order valence-electron chi connectivity index (χ1n) is 4.38. The van der Waals surface area contributed by atoms with E-state index in [1.54, 1.807) is 0 Å². The molecule has 0 aromatic heterocycles. The molecule has 0 aliphatic heterocycles. The normalized spacial score (nSPS) is 10.5. The fourth-order valence-corrected chi connectivity index (χ4v) is 1.35. The zero-order valence-electron chi connectivity index (χ0n) is 8.23. The van der Waals surface area contributed by atoms with Gasteiger partial charge in [0.05, 0.1) is 6.61 Å². The van der Waals surface area contributed by atoms with E-state index in [0.29, 0.717) is 6.61 Å². The van der Waals surface area contributed by atoms with E-state index < -0.39 is 0 Å². The monoisotopic (exact) mass is 197 g/mol. The summed E-state index contributed by atoms with van der Waals surface area (Å²) >= 11 is 5.89. The van der Waals surface area contributed by atoms with E-state index in [1.165, 1.54) is 5.92 Å². The van der Waals surface area contributed by atoms with Crippen molar-refractivity contribution in [2.45, 2.75) is 20.8 Å². The summed E-state index contributed by atoms with van der Waals surface area (Å²) < 4.78 is 5.47. The van der Waals surface area contributed by atoms with Crippen molar-refractivity contribution in [1.29, 1.82) is 0 Å². The third-order valence-corrected chi connectivity index (χ3v) is 2.02. The fourth-order valence-electron chi connectivity index (χ4n) is 1.17. The van der Waals surface area contributed by atoms with E-state index in [1.807, 2.05) is 39.0 Å². The van der Waals surface area contributed by atoms with E-state index in [9.17, 15) is 0 Å². The molecule has 0 bridgehead atoms. The Bertz CT molecular complexity index is 281. The maximum Gasteiger partial charge on any atom is 0.123 e. The van der Waals surface area contributed by atoms with Crippen molar-refractivity contribution in [1.82, 2.24) is 0 Å². The van der Waals surface area contributed by atoms with Gasteiger partial charge in [0.1, 0.15) is 5.75 Å². The third-order valence-electron chi connectivity index (χ3n) is 1.78. The first kappa shape index (κ1) is 10.4. The molecule has 0 fully saturated rings. The van der Waals surface area contributed by atoms with Gasteiger partial charge in [-0.1, -0.05) is 25.4 Å². The van der Waals surface area contributed by atoms with Gasteiger partial charge in [-0.3, -0.25) is 0 Å². The Morgan fingerprint density at radius 1 is 1.38 bits per heavy atom. The molecule has 1 aromatic carbocycles. The highest BCUT2D eigenvalue weighted by molar-refractivity contribution is 6.30. The Kier molecular flexibility index (Phi) is 3.61. The molecular weight excluding hydrogens is 184 g/mol. The zero-order chi connectivity index (χ0) is 9.84. The Hall–Kier alpha value is -0.690. The molecule has 0 atom stereocenters. The van der Waals surface area contributed by atoms with Crippen LogP contribution < -0.4 is 4.74 Å². The molecule has 0 aliphatic carbocycles. The molecule has 0 heterocycles. The Morgan fingerprint density at radius 2 is 2.08 bits per heavy atom. The summed E-state index contributed by atoms with van der Waals surface area (Å²) in [5.41, 5.74) is 1.09. The summed E-state index contributed by atoms with van der Waals surface area (Å²) in [6.45, 7) is 6.76. The van der Waals surface area contributed by atoms with Crippen LogP contribution in [-0.2, 0) is 0 Å². The lowest BCUT2D eigenvalue weighted by Crippen LogP contribution is -1.98. The standard InChI is InChI=1S/C11H14ClO/c1-4-13-11-6-5-9(12)7-10(11)8(2)3/h5-7H,4H2,1-3H3. The summed E-state index contributed by atoms with van der Waals surface area (Å²) in [7, 11) is 0. The Morgan fingerprint density at radius 3 is 2.62 bits per heavy atom. The maximum absolute atomic E-state index is 5.89. The van der Waals surface area contributed by atoms with Crippen molar-refractivity contribution < 1.29 is 4.74 Å². The topological polar surface area (TPSA) is 9.23 Å². The number of hydrogen-bond acceptors (Lipinski definition) is 1. The van der Waals surface area contributed by atoms with Crippen molar-refractivity contribution in [2.75, 3.05) is 6.61 Å². The van der Waals surface area contributed by atoms with Crippen LogP contribution in [-0.4, -0.2) is 6.61 Å². The number of hydrogen-bond donors (Lipinski definition) is 0. The second-order valence-corrected chi connectivity index (χ2v) is 3.51. The summed E-state index contributed by atoms with van der Waals surface area (Å²) in [6, 6.07) is 5.69. The molecule has 0 aliphatic rings. The Balaban J connectivity index is 3.03. The smallest absolute Gasteiger partial charge is 0.123 e. The van der Waals surface area contributed by atoms with Crippen molar-refractivity contribution >= 4 is 11.6 Å². The van der Waals surface area contributed by atoms with Gasteiger partial charge in [0, 0.05) is 16.5 Å². The molecule has 0 spiro atoms. The molecule has 0 saturated carbocycles. The number of benzene rings is 1. The quantitative estimate of drug-likeness (QED) is 0.718. The minimum absolute atomic E-state index is 0.682. The Labute approximate surface area is 84.7 Å². The van der Waals surface area contributed by atoms with Crippen LogP contribution in [0.25, 0.3) is 0 Å². The highest BCUT2D eigenvalue weighted by atomic mass is 35.5. The molecule has 1 radical (unpaired) electrons. The third kappa shape index (κ3) is 2.63. The summed E-state index contributed by atoms with van der Waals surface area (Å²) in [4.78, 5) is 0. The van der Waals surface area contributed by atoms with Crippen LogP contribution in [0, 0.1) is 5.92 Å². The maximum atomic E-state index is 5.89. The predicted molar refractivity (Wildman–Crippen MR) is 56.3 cm³/mol. The lowest BCUT2D eigenvalue weighted by atomic mass is 10.0. The lowest BCUT2D eigenvalue weighted by molar-refractivity contribution is 0.337. The highest BCUT2D eigenvalue weighted by Gasteiger charge is 2.08. The molecule has 0 unspecified atom stereocenters. The van der Waals surface area contributed by atoms with Gasteiger partial charge in [-0.05, 0) is 25.1 Å². The van der Waals surface area contributed by atoms with Crippen LogP contribution in [0.4, 0.5) is 0 Å². The summed E-state index contributed by atoms with van der Waals surface area (Å²) in [6.07, 6.45) is 0. The van der Waals surface area contributed by atoms with Crippen LogP contribution in [0.3, 0.4) is 0 Å². The molecule has 1 aromatic rings. The van der Waals surface area contributed by atoms with Gasteiger partial charge in [-0.25, -0.2) is 0 Å². The minimum Gasteiger partial charge on any atom is -0.494 e. The van der Waals surface area contributed by atoms with Gasteiger partial charge in [-0.2, -0.15) is 0 Å². The number of halogens is 1. The molecule has 13 heavy (non-hydrogen) atoms. The van der Waals surface area contributed by atoms with Crippen molar-refractivity contribution in [3.8, 4) is 5.75 Å². The highest BCUT2D eigenvalue weighted by Crippen LogP contribution is 2.28. The van der Waals surface area contributed by atoms with Crippen LogP contribution >= 0.6 is 11.6 Å². The van der Waals surface area contributed by atoms with E-state index in [-0.39, 0.29) is 0 Å². The fraction of sp³-hybridized carbons (Fsp3) is 0.364. The molecule has 0 saturated heterocycles. The van der Waals surface area contributed by atoms with E-state index in [0.717, 1.165) is 16.3 Å². The average Bonchev–Trinajstić information content (AvgIpc) is 2.08. The first-order chi connectivity index (χ1) is 6.15. The molecule has 1 nitrogen and oxygen atoms in total. The van der Waals surface area contributed by atoms with Crippen LogP contribution in [0.1, 0.15) is 26.3 Å². The van der Waals surface area contributed by atoms with Gasteiger partial charge in [0.25, 0.3) is 0 Å². The molecule has 1 rings (SSSR count). The van der Waals surface area contributed by atoms with Crippen LogP contribution in [0.15, 0.2) is 18.2 Å².